The molecule has 1 aliphatic rings. The molecule has 1 aromatic carbocycles. The lowest BCUT2D eigenvalue weighted by atomic mass is 10.1. The highest BCUT2D eigenvalue weighted by Crippen LogP contribution is 2.33. The van der Waals surface area contributed by atoms with Crippen LogP contribution >= 0.6 is 0 Å². The second-order valence-corrected chi connectivity index (χ2v) is 5.54. The summed E-state index contributed by atoms with van der Waals surface area (Å²) in [6.45, 7) is 2.66. The van der Waals surface area contributed by atoms with Crippen LogP contribution in [0.1, 0.15) is 35.8 Å². The van der Waals surface area contributed by atoms with Gasteiger partial charge in [0.25, 0.3) is 0 Å². The summed E-state index contributed by atoms with van der Waals surface area (Å²) < 4.78 is 12.4. The van der Waals surface area contributed by atoms with Crippen LogP contribution < -0.4 is 14.8 Å². The number of ether oxygens (including phenoxy) is 2. The molecule has 0 saturated heterocycles. The minimum Gasteiger partial charge on any atom is -0.493 e. The Balaban J connectivity index is 1.99. The smallest absolute Gasteiger partial charge is 0.183 e. The van der Waals surface area contributed by atoms with Gasteiger partial charge in [-0.1, -0.05) is 6.92 Å². The van der Waals surface area contributed by atoms with Crippen molar-refractivity contribution in [1.29, 1.82) is 0 Å². The van der Waals surface area contributed by atoms with Gasteiger partial charge in [-0.2, -0.15) is 5.10 Å². The Morgan fingerprint density at radius 2 is 2.04 bits per heavy atom. The summed E-state index contributed by atoms with van der Waals surface area (Å²) in [6, 6.07) is 7.54. The fraction of sp³-hybridized carbons (Fsp3) is 0.333. The van der Waals surface area contributed by atoms with Crippen molar-refractivity contribution in [3.05, 3.63) is 41.6 Å². The molecule has 0 amide bonds. The molecule has 0 fully saturated rings. The van der Waals surface area contributed by atoms with Crippen LogP contribution in [0.15, 0.2) is 30.3 Å². The molecule has 0 atom stereocenters. The topological polar surface area (TPSA) is 65.4 Å². The average molecular weight is 327 g/mol. The van der Waals surface area contributed by atoms with Crippen LogP contribution in [0.3, 0.4) is 0 Å². The fourth-order valence-corrected chi connectivity index (χ4v) is 2.76. The quantitative estimate of drug-likeness (QED) is 0.825. The van der Waals surface area contributed by atoms with Crippen molar-refractivity contribution in [3.8, 4) is 11.5 Å². The van der Waals surface area contributed by atoms with E-state index in [9.17, 15) is 4.79 Å². The highest BCUT2D eigenvalue weighted by molar-refractivity contribution is 5.95. The number of carbonyl (C=O) groups excluding carboxylic acids is 1. The highest BCUT2D eigenvalue weighted by atomic mass is 16.5. The fourth-order valence-electron chi connectivity index (χ4n) is 2.76. The van der Waals surface area contributed by atoms with Gasteiger partial charge in [0.2, 0.25) is 0 Å². The first-order valence-electron chi connectivity index (χ1n) is 7.98. The van der Waals surface area contributed by atoms with Gasteiger partial charge in [0.15, 0.2) is 17.3 Å². The van der Waals surface area contributed by atoms with Gasteiger partial charge < -0.3 is 14.8 Å². The maximum atomic E-state index is 12.1. The highest BCUT2D eigenvalue weighted by Gasteiger charge is 2.20. The number of aromatic nitrogens is 2. The average Bonchev–Trinajstić information content (AvgIpc) is 3.05. The molecule has 2 heterocycles. The molecule has 1 N–H and O–H groups in total. The van der Waals surface area contributed by atoms with E-state index in [0.717, 1.165) is 23.5 Å². The van der Waals surface area contributed by atoms with Crippen LogP contribution in [0.5, 0.6) is 11.5 Å². The third-order valence-corrected chi connectivity index (χ3v) is 3.96. The van der Waals surface area contributed by atoms with Crippen LogP contribution in [0, 0.1) is 0 Å². The molecular formula is C18H21N3O3. The van der Waals surface area contributed by atoms with Crippen LogP contribution in [-0.2, 0) is 0 Å². The normalized spacial score (nSPS) is 12.9. The van der Waals surface area contributed by atoms with Gasteiger partial charge in [-0.3, -0.25) is 4.79 Å². The minimum absolute atomic E-state index is 0.0628. The van der Waals surface area contributed by atoms with E-state index in [-0.39, 0.29) is 5.78 Å². The first-order chi connectivity index (χ1) is 11.7. The Bertz CT molecular complexity index is 793. The van der Waals surface area contributed by atoms with Crippen molar-refractivity contribution in [1.82, 2.24) is 9.78 Å². The maximum Gasteiger partial charge on any atom is 0.183 e. The van der Waals surface area contributed by atoms with E-state index in [1.165, 1.54) is 0 Å². The van der Waals surface area contributed by atoms with E-state index in [4.69, 9.17) is 9.47 Å². The van der Waals surface area contributed by atoms with E-state index in [0.29, 0.717) is 30.2 Å². The number of hydrogen-bond donors (Lipinski definition) is 1. The standard InChI is InChI=1S/C18H21N3O3/c1-4-5-15(22)13-11-18-19-9-8-14(21(18)20-13)12-6-7-16(23-2)17(10-12)24-3/h6-8,10-11,19H,4-5,9H2,1-3H3. The second kappa shape index (κ2) is 6.78. The summed E-state index contributed by atoms with van der Waals surface area (Å²) in [5.74, 6) is 2.22. The van der Waals surface area contributed by atoms with Crippen LogP contribution in [0.25, 0.3) is 5.70 Å². The van der Waals surface area contributed by atoms with E-state index in [2.05, 4.69) is 10.4 Å². The lowest BCUT2D eigenvalue weighted by Gasteiger charge is -2.18. The van der Waals surface area contributed by atoms with Crippen LogP contribution in [0.4, 0.5) is 5.82 Å². The Kier molecular flexibility index (Phi) is 4.55. The number of anilines is 1. The summed E-state index contributed by atoms with van der Waals surface area (Å²) in [6.07, 6.45) is 3.36. The van der Waals surface area contributed by atoms with E-state index >= 15 is 0 Å². The molecule has 3 rings (SSSR count). The number of hydrogen-bond acceptors (Lipinski definition) is 5. The number of methoxy groups -OCH3 is 2. The van der Waals surface area contributed by atoms with Gasteiger partial charge in [0, 0.05) is 24.6 Å². The first kappa shape index (κ1) is 16.1. The molecule has 6 nitrogen and oxygen atoms in total. The van der Waals surface area contributed by atoms with Gasteiger partial charge in [0.1, 0.15) is 11.5 Å². The third kappa shape index (κ3) is 2.87. The minimum atomic E-state index is 0.0628. The zero-order chi connectivity index (χ0) is 17.1. The predicted octanol–water partition coefficient (Wildman–Crippen LogP) is 3.20. The Morgan fingerprint density at radius 1 is 1.25 bits per heavy atom. The molecule has 0 unspecified atom stereocenters. The maximum absolute atomic E-state index is 12.1. The molecule has 0 spiro atoms. The molecule has 0 saturated carbocycles. The van der Waals surface area contributed by atoms with E-state index in [1.807, 2.05) is 37.3 Å². The number of ketones is 1. The van der Waals surface area contributed by atoms with Gasteiger partial charge in [0.05, 0.1) is 19.9 Å². The number of carbonyl (C=O) groups is 1. The monoisotopic (exact) mass is 327 g/mol. The number of benzene rings is 1. The lowest BCUT2D eigenvalue weighted by Crippen LogP contribution is -2.15. The summed E-state index contributed by atoms with van der Waals surface area (Å²) in [5.41, 5.74) is 2.36. The predicted molar refractivity (Wildman–Crippen MR) is 92.9 cm³/mol. The van der Waals surface area contributed by atoms with Crippen molar-refractivity contribution in [2.24, 2.45) is 0 Å². The molecule has 6 heteroatoms. The van der Waals surface area contributed by atoms with E-state index in [1.54, 1.807) is 18.9 Å². The van der Waals surface area contributed by atoms with Crippen molar-refractivity contribution in [2.75, 3.05) is 26.1 Å². The zero-order valence-corrected chi connectivity index (χ0v) is 14.1. The van der Waals surface area contributed by atoms with Gasteiger partial charge in [-0.05, 0) is 30.7 Å². The van der Waals surface area contributed by atoms with Crippen LogP contribution in [0.2, 0.25) is 0 Å². The summed E-state index contributed by atoms with van der Waals surface area (Å²) >= 11 is 0. The zero-order valence-electron chi connectivity index (χ0n) is 14.1. The van der Waals surface area contributed by atoms with Crippen molar-refractivity contribution in [3.63, 3.8) is 0 Å². The molecule has 1 aliphatic heterocycles. The largest absolute Gasteiger partial charge is 0.493 e. The number of nitrogens with zero attached hydrogens (tertiary/aromatic N) is 2. The second-order valence-electron chi connectivity index (χ2n) is 5.54. The molecule has 1 aromatic heterocycles. The first-order valence-corrected chi connectivity index (χ1v) is 7.98. The van der Waals surface area contributed by atoms with Crippen molar-refractivity contribution >= 4 is 17.3 Å². The summed E-state index contributed by atoms with van der Waals surface area (Å²) in [4.78, 5) is 12.1. The van der Waals surface area contributed by atoms with E-state index < -0.39 is 0 Å². The molecule has 2 aromatic rings. The number of Topliss-reactive ketones (excluding diaryl/α,β-unsaturated/α-hetero) is 1. The molecular weight excluding hydrogens is 306 g/mol. The lowest BCUT2D eigenvalue weighted by molar-refractivity contribution is 0.0976. The third-order valence-electron chi connectivity index (χ3n) is 3.96. The van der Waals surface area contributed by atoms with Crippen molar-refractivity contribution in [2.45, 2.75) is 19.8 Å². The summed E-state index contributed by atoms with van der Waals surface area (Å²) in [5, 5.41) is 7.74. The Morgan fingerprint density at radius 3 is 2.75 bits per heavy atom. The number of fused-ring (bicyclic) bond motifs is 1. The van der Waals surface area contributed by atoms with Gasteiger partial charge in [-0.25, -0.2) is 4.68 Å². The SMILES string of the molecule is CCCC(=O)c1cc2n(n1)C(c1ccc(OC)c(OC)c1)=CCN2. The Hall–Kier alpha value is -2.76. The van der Waals surface area contributed by atoms with Gasteiger partial charge >= 0.3 is 0 Å². The van der Waals surface area contributed by atoms with Crippen LogP contribution in [-0.4, -0.2) is 36.3 Å². The molecule has 0 aliphatic carbocycles. The Labute approximate surface area is 141 Å². The van der Waals surface area contributed by atoms with Crippen molar-refractivity contribution < 1.29 is 14.3 Å². The number of rotatable bonds is 6. The molecule has 24 heavy (non-hydrogen) atoms. The number of nitrogens with one attached hydrogen (secondary N) is 1. The summed E-state index contributed by atoms with van der Waals surface area (Å²) in [7, 11) is 3.22. The molecule has 0 bridgehead atoms. The molecule has 0 radical (unpaired) electrons. The molecule has 126 valence electrons. The van der Waals surface area contributed by atoms with Gasteiger partial charge in [-0.15, -0.1) is 0 Å².